The number of hydrogen-bond donors (Lipinski definition) is 2. The van der Waals surface area contributed by atoms with Crippen LogP contribution in [0.15, 0.2) is 22.7 Å². The van der Waals surface area contributed by atoms with Crippen molar-refractivity contribution in [2.75, 3.05) is 11.9 Å². The van der Waals surface area contributed by atoms with Gasteiger partial charge in [0.1, 0.15) is 0 Å². The van der Waals surface area contributed by atoms with Crippen molar-refractivity contribution in [2.24, 2.45) is 11.1 Å². The molecular weight excluding hydrogens is 353 g/mol. The molecule has 0 spiro atoms. The molecule has 0 saturated heterocycles. The molecule has 0 saturated carbocycles. The van der Waals surface area contributed by atoms with Gasteiger partial charge in [-0.05, 0) is 31.5 Å². The van der Waals surface area contributed by atoms with E-state index in [9.17, 15) is 18.0 Å². The largest absolute Gasteiger partial charge is 0.573 e. The Morgan fingerprint density at radius 1 is 1.43 bits per heavy atom. The summed E-state index contributed by atoms with van der Waals surface area (Å²) in [4.78, 5) is 12.2. The zero-order valence-corrected chi connectivity index (χ0v) is 13.1. The Morgan fingerprint density at radius 2 is 2.05 bits per heavy atom. The van der Waals surface area contributed by atoms with Crippen LogP contribution in [0.2, 0.25) is 0 Å². The highest BCUT2D eigenvalue weighted by atomic mass is 79.9. The average molecular weight is 369 g/mol. The zero-order chi connectivity index (χ0) is 16.3. The summed E-state index contributed by atoms with van der Waals surface area (Å²) < 4.78 is 41.5. The highest BCUT2D eigenvalue weighted by Crippen LogP contribution is 2.34. The third kappa shape index (κ3) is 4.89. The maximum absolute atomic E-state index is 12.4. The first-order chi connectivity index (χ1) is 9.61. The Labute approximate surface area is 129 Å². The van der Waals surface area contributed by atoms with Crippen molar-refractivity contribution in [1.82, 2.24) is 0 Å². The van der Waals surface area contributed by atoms with Gasteiger partial charge in [0.2, 0.25) is 5.91 Å². The minimum absolute atomic E-state index is 0.0614. The lowest BCUT2D eigenvalue weighted by Gasteiger charge is -2.25. The van der Waals surface area contributed by atoms with Crippen LogP contribution in [0.4, 0.5) is 18.9 Å². The topological polar surface area (TPSA) is 64.4 Å². The van der Waals surface area contributed by atoms with Crippen LogP contribution < -0.4 is 15.8 Å². The van der Waals surface area contributed by atoms with Crippen LogP contribution in [0.3, 0.4) is 0 Å². The molecule has 8 heteroatoms. The molecule has 0 aliphatic heterocycles. The molecule has 1 aromatic carbocycles. The van der Waals surface area contributed by atoms with E-state index in [0.29, 0.717) is 10.9 Å². The highest BCUT2D eigenvalue weighted by Gasteiger charge is 2.34. The monoisotopic (exact) mass is 368 g/mol. The Kier molecular flexibility index (Phi) is 5.63. The van der Waals surface area contributed by atoms with Gasteiger partial charge in [0.05, 0.1) is 11.1 Å². The third-order valence-electron chi connectivity index (χ3n) is 3.20. The molecule has 0 aliphatic rings. The van der Waals surface area contributed by atoms with E-state index in [0.717, 1.165) is 6.07 Å². The van der Waals surface area contributed by atoms with Gasteiger partial charge in [-0.3, -0.25) is 4.79 Å². The van der Waals surface area contributed by atoms with Gasteiger partial charge in [0.15, 0.2) is 5.75 Å². The molecular formula is C13H16BrF3N2O2. The number of amides is 1. The van der Waals surface area contributed by atoms with E-state index in [4.69, 9.17) is 5.73 Å². The van der Waals surface area contributed by atoms with Gasteiger partial charge in [0.25, 0.3) is 0 Å². The number of ether oxygens (including phenoxy) is 1. The van der Waals surface area contributed by atoms with Crippen LogP contribution >= 0.6 is 15.9 Å². The lowest BCUT2D eigenvalue weighted by Crippen LogP contribution is -2.39. The standard InChI is InChI=1S/C13H16BrF3N2O2/c1-3-12(2,7-18)11(20)19-9-5-4-8(14)6-10(9)21-13(15,16)17/h4-6H,3,7,18H2,1-2H3,(H,19,20). The number of nitrogens with two attached hydrogens (primary N) is 1. The molecule has 1 aromatic rings. The van der Waals surface area contributed by atoms with Gasteiger partial charge in [-0.2, -0.15) is 0 Å². The maximum atomic E-state index is 12.4. The van der Waals surface area contributed by atoms with Crippen LogP contribution in [0.5, 0.6) is 5.75 Å². The van der Waals surface area contributed by atoms with Crippen molar-refractivity contribution in [3.8, 4) is 5.75 Å². The fourth-order valence-electron chi connectivity index (χ4n) is 1.48. The molecule has 118 valence electrons. The molecule has 3 N–H and O–H groups in total. The third-order valence-corrected chi connectivity index (χ3v) is 3.69. The van der Waals surface area contributed by atoms with E-state index in [1.54, 1.807) is 13.8 Å². The summed E-state index contributed by atoms with van der Waals surface area (Å²) >= 11 is 3.06. The Balaban J connectivity index is 3.06. The Morgan fingerprint density at radius 3 is 2.52 bits per heavy atom. The van der Waals surface area contributed by atoms with Crippen LogP contribution in [-0.4, -0.2) is 18.8 Å². The van der Waals surface area contributed by atoms with Crippen LogP contribution in [0, 0.1) is 5.41 Å². The molecule has 0 heterocycles. The molecule has 1 atom stereocenters. The first kappa shape index (κ1) is 17.8. The maximum Gasteiger partial charge on any atom is 0.573 e. The van der Waals surface area contributed by atoms with E-state index in [1.165, 1.54) is 12.1 Å². The average Bonchev–Trinajstić information content (AvgIpc) is 2.39. The Hall–Kier alpha value is -1.28. The minimum atomic E-state index is -4.85. The minimum Gasteiger partial charge on any atom is -0.404 e. The molecule has 4 nitrogen and oxygen atoms in total. The summed E-state index contributed by atoms with van der Waals surface area (Å²) in [5.41, 5.74) is 4.64. The van der Waals surface area contributed by atoms with Gasteiger partial charge >= 0.3 is 6.36 Å². The number of benzene rings is 1. The van der Waals surface area contributed by atoms with Gasteiger partial charge in [-0.1, -0.05) is 22.9 Å². The second-order valence-electron chi connectivity index (χ2n) is 4.76. The fourth-order valence-corrected chi connectivity index (χ4v) is 1.82. The fraction of sp³-hybridized carbons (Fsp3) is 0.462. The summed E-state index contributed by atoms with van der Waals surface area (Å²) in [6.07, 6.45) is -4.39. The number of carbonyl (C=O) groups is 1. The number of nitrogens with one attached hydrogen (secondary N) is 1. The van der Waals surface area contributed by atoms with E-state index in [2.05, 4.69) is 26.0 Å². The van der Waals surface area contributed by atoms with Crippen molar-refractivity contribution < 1.29 is 22.7 Å². The van der Waals surface area contributed by atoms with Crippen molar-refractivity contribution in [2.45, 2.75) is 26.6 Å². The molecule has 0 aromatic heterocycles. The Bertz CT molecular complexity index is 517. The summed E-state index contributed by atoms with van der Waals surface area (Å²) in [6.45, 7) is 3.51. The quantitative estimate of drug-likeness (QED) is 0.833. The molecule has 0 radical (unpaired) electrons. The lowest BCUT2D eigenvalue weighted by atomic mass is 9.86. The van der Waals surface area contributed by atoms with Crippen molar-refractivity contribution in [3.63, 3.8) is 0 Å². The number of halogens is 4. The number of anilines is 1. The lowest BCUT2D eigenvalue weighted by molar-refractivity contribution is -0.274. The second kappa shape index (κ2) is 6.65. The van der Waals surface area contributed by atoms with E-state index in [-0.39, 0.29) is 12.2 Å². The van der Waals surface area contributed by atoms with Crippen molar-refractivity contribution in [1.29, 1.82) is 0 Å². The second-order valence-corrected chi connectivity index (χ2v) is 5.68. The predicted octanol–water partition coefficient (Wildman–Crippen LogP) is 3.66. The number of hydrogen-bond acceptors (Lipinski definition) is 3. The summed E-state index contributed by atoms with van der Waals surface area (Å²) in [5, 5.41) is 2.44. The number of rotatable bonds is 5. The van der Waals surface area contributed by atoms with Crippen LogP contribution in [-0.2, 0) is 4.79 Å². The van der Waals surface area contributed by atoms with Gasteiger partial charge in [0, 0.05) is 11.0 Å². The summed E-state index contributed by atoms with van der Waals surface area (Å²) in [6, 6.07) is 3.97. The normalized spacial score (nSPS) is 14.4. The van der Waals surface area contributed by atoms with Crippen molar-refractivity contribution >= 4 is 27.5 Å². The molecule has 1 rings (SSSR count). The van der Waals surface area contributed by atoms with Gasteiger partial charge in [-0.25, -0.2) is 0 Å². The molecule has 0 aliphatic carbocycles. The summed E-state index contributed by atoms with van der Waals surface area (Å²) in [7, 11) is 0. The smallest absolute Gasteiger partial charge is 0.404 e. The first-order valence-electron chi connectivity index (χ1n) is 6.18. The molecule has 1 unspecified atom stereocenters. The highest BCUT2D eigenvalue weighted by molar-refractivity contribution is 9.10. The van der Waals surface area contributed by atoms with Crippen LogP contribution in [0.1, 0.15) is 20.3 Å². The van der Waals surface area contributed by atoms with Crippen LogP contribution in [0.25, 0.3) is 0 Å². The van der Waals surface area contributed by atoms with Crippen molar-refractivity contribution in [3.05, 3.63) is 22.7 Å². The molecule has 1 amide bonds. The number of alkyl halides is 3. The van der Waals surface area contributed by atoms with E-state index >= 15 is 0 Å². The van der Waals surface area contributed by atoms with E-state index in [1.807, 2.05) is 0 Å². The zero-order valence-electron chi connectivity index (χ0n) is 11.6. The molecule has 0 bridgehead atoms. The molecule has 0 fully saturated rings. The van der Waals surface area contributed by atoms with Gasteiger partial charge < -0.3 is 15.8 Å². The predicted molar refractivity (Wildman–Crippen MR) is 76.9 cm³/mol. The first-order valence-corrected chi connectivity index (χ1v) is 6.97. The van der Waals surface area contributed by atoms with Gasteiger partial charge in [-0.15, -0.1) is 13.2 Å². The molecule has 21 heavy (non-hydrogen) atoms. The number of carbonyl (C=O) groups excluding carboxylic acids is 1. The summed E-state index contributed by atoms with van der Waals surface area (Å²) in [5.74, 6) is -0.942. The van der Waals surface area contributed by atoms with E-state index < -0.39 is 23.4 Å². The SMILES string of the molecule is CCC(C)(CN)C(=O)Nc1ccc(Br)cc1OC(F)(F)F.